The molecule has 0 saturated carbocycles. The quantitative estimate of drug-likeness (QED) is 0.537. The van der Waals surface area contributed by atoms with Crippen molar-refractivity contribution in [3.05, 3.63) is 81.7 Å². The number of nitrogens with zero attached hydrogens (tertiary/aromatic N) is 3. The summed E-state index contributed by atoms with van der Waals surface area (Å²) in [6.45, 7) is 4.30. The highest BCUT2D eigenvalue weighted by atomic mass is 79.9. The molecule has 1 aliphatic rings. The van der Waals surface area contributed by atoms with Gasteiger partial charge in [-0.3, -0.25) is 0 Å². The largest absolute Gasteiger partial charge is 0.489 e. The Labute approximate surface area is 182 Å². The number of benzene rings is 2. The van der Waals surface area contributed by atoms with Crippen LogP contribution in [0.25, 0.3) is 0 Å². The molecular formula is C22H21BrN4O3. The zero-order valence-corrected chi connectivity index (χ0v) is 18.2. The normalized spacial score (nSPS) is 15.4. The smallest absolute Gasteiger partial charge is 0.338 e. The SMILES string of the molecule is CCOC(=O)C1=C(C)Nc2ncnn2[C@@H]1c1cc(Br)ccc1OCc1ccccc1. The van der Waals surface area contributed by atoms with Crippen molar-refractivity contribution in [2.75, 3.05) is 11.9 Å². The Morgan fingerprint density at radius 2 is 2.03 bits per heavy atom. The molecule has 1 aliphatic heterocycles. The Morgan fingerprint density at radius 3 is 2.80 bits per heavy atom. The van der Waals surface area contributed by atoms with Gasteiger partial charge in [-0.1, -0.05) is 46.3 Å². The van der Waals surface area contributed by atoms with Crippen molar-refractivity contribution >= 4 is 27.8 Å². The Morgan fingerprint density at radius 1 is 1.23 bits per heavy atom. The molecule has 0 saturated heterocycles. The fraction of sp³-hybridized carbons (Fsp3) is 0.227. The number of halogens is 1. The third-order valence-electron chi connectivity index (χ3n) is 4.79. The lowest BCUT2D eigenvalue weighted by Gasteiger charge is -2.29. The standard InChI is InChI=1S/C22H21BrN4O3/c1-3-29-21(28)19-14(2)26-22-24-13-25-27(22)20(19)17-11-16(23)9-10-18(17)30-12-15-7-5-4-6-8-15/h4-11,13,20H,3,12H2,1-2H3,(H,24,25,26)/t20-/m1/s1. The van der Waals surface area contributed by atoms with Crippen LogP contribution in [0.5, 0.6) is 5.75 Å². The number of allylic oxidation sites excluding steroid dienone is 1. The fourth-order valence-electron chi connectivity index (χ4n) is 3.45. The first-order valence-corrected chi connectivity index (χ1v) is 10.4. The lowest BCUT2D eigenvalue weighted by Crippen LogP contribution is -2.30. The van der Waals surface area contributed by atoms with Crippen LogP contribution in [0.2, 0.25) is 0 Å². The second-order valence-corrected chi connectivity index (χ2v) is 7.69. The van der Waals surface area contributed by atoms with Crippen LogP contribution in [-0.2, 0) is 16.1 Å². The monoisotopic (exact) mass is 468 g/mol. The van der Waals surface area contributed by atoms with E-state index in [4.69, 9.17) is 9.47 Å². The van der Waals surface area contributed by atoms with E-state index in [0.29, 0.717) is 29.6 Å². The van der Waals surface area contributed by atoms with Gasteiger partial charge in [0, 0.05) is 15.7 Å². The summed E-state index contributed by atoms with van der Waals surface area (Å²) in [5.74, 6) is 0.812. The summed E-state index contributed by atoms with van der Waals surface area (Å²) >= 11 is 3.54. The Hall–Kier alpha value is -3.13. The molecule has 30 heavy (non-hydrogen) atoms. The molecule has 0 amide bonds. The predicted octanol–water partition coefficient (Wildman–Crippen LogP) is 4.47. The summed E-state index contributed by atoms with van der Waals surface area (Å²) in [6, 6.07) is 15.1. The average molecular weight is 469 g/mol. The molecular weight excluding hydrogens is 448 g/mol. The van der Waals surface area contributed by atoms with E-state index in [2.05, 4.69) is 31.3 Å². The first kappa shape index (κ1) is 20.2. The van der Waals surface area contributed by atoms with Crippen LogP contribution < -0.4 is 10.1 Å². The molecule has 3 aromatic rings. The van der Waals surface area contributed by atoms with E-state index in [9.17, 15) is 4.79 Å². The van der Waals surface area contributed by atoms with E-state index in [0.717, 1.165) is 15.6 Å². The summed E-state index contributed by atoms with van der Waals surface area (Å²) in [6.07, 6.45) is 1.46. The molecule has 0 aliphatic carbocycles. The molecule has 0 unspecified atom stereocenters. The van der Waals surface area contributed by atoms with Gasteiger partial charge in [-0.2, -0.15) is 10.1 Å². The molecule has 1 atom stereocenters. The van der Waals surface area contributed by atoms with Crippen LogP contribution >= 0.6 is 15.9 Å². The van der Waals surface area contributed by atoms with E-state index < -0.39 is 12.0 Å². The van der Waals surface area contributed by atoms with Gasteiger partial charge in [0.05, 0.1) is 12.2 Å². The van der Waals surface area contributed by atoms with E-state index in [1.54, 1.807) is 11.6 Å². The highest BCUT2D eigenvalue weighted by molar-refractivity contribution is 9.10. The number of carbonyl (C=O) groups is 1. The molecule has 7 nitrogen and oxygen atoms in total. The number of fused-ring (bicyclic) bond motifs is 1. The maximum atomic E-state index is 12.9. The van der Waals surface area contributed by atoms with Crippen LogP contribution in [0.15, 0.2) is 70.6 Å². The Bertz CT molecular complexity index is 1090. The molecule has 0 radical (unpaired) electrons. The average Bonchev–Trinajstić information content (AvgIpc) is 3.20. The van der Waals surface area contributed by atoms with E-state index >= 15 is 0 Å². The van der Waals surface area contributed by atoms with E-state index in [1.807, 2.05) is 55.5 Å². The van der Waals surface area contributed by atoms with Crippen molar-refractivity contribution in [1.29, 1.82) is 0 Å². The van der Waals surface area contributed by atoms with Gasteiger partial charge < -0.3 is 14.8 Å². The molecule has 4 rings (SSSR count). The van der Waals surface area contributed by atoms with E-state index in [-0.39, 0.29) is 6.61 Å². The number of hydrogen-bond acceptors (Lipinski definition) is 6. The number of ether oxygens (including phenoxy) is 2. The zero-order valence-electron chi connectivity index (χ0n) is 16.6. The molecule has 1 N–H and O–H groups in total. The van der Waals surface area contributed by atoms with Gasteiger partial charge in [-0.15, -0.1) is 0 Å². The van der Waals surface area contributed by atoms with Crippen LogP contribution in [0.1, 0.15) is 31.0 Å². The summed E-state index contributed by atoms with van der Waals surface area (Å²) in [5.41, 5.74) is 2.98. The fourth-order valence-corrected chi connectivity index (χ4v) is 3.83. The molecule has 0 spiro atoms. The minimum atomic E-state index is -0.536. The number of aromatic nitrogens is 3. The lowest BCUT2D eigenvalue weighted by atomic mass is 9.95. The first-order valence-electron chi connectivity index (χ1n) is 9.59. The number of anilines is 1. The van der Waals surface area contributed by atoms with Crippen LogP contribution in [0.3, 0.4) is 0 Å². The van der Waals surface area contributed by atoms with Crippen LogP contribution in [0, 0.1) is 0 Å². The maximum Gasteiger partial charge on any atom is 0.338 e. The minimum Gasteiger partial charge on any atom is -0.489 e. The van der Waals surface area contributed by atoms with Crippen molar-refractivity contribution in [3.63, 3.8) is 0 Å². The number of rotatable bonds is 6. The van der Waals surface area contributed by atoms with Crippen molar-refractivity contribution < 1.29 is 14.3 Å². The second kappa shape index (κ2) is 8.71. The Balaban J connectivity index is 1.79. The molecule has 2 heterocycles. The number of nitrogens with one attached hydrogen (secondary N) is 1. The van der Waals surface area contributed by atoms with Crippen LogP contribution in [0.4, 0.5) is 5.95 Å². The maximum absolute atomic E-state index is 12.9. The molecule has 154 valence electrons. The van der Waals surface area contributed by atoms with Gasteiger partial charge in [0.25, 0.3) is 0 Å². The number of hydrogen-bond donors (Lipinski definition) is 1. The second-order valence-electron chi connectivity index (χ2n) is 6.77. The molecule has 0 bridgehead atoms. The van der Waals surface area contributed by atoms with Gasteiger partial charge in [-0.25, -0.2) is 9.48 Å². The third-order valence-corrected chi connectivity index (χ3v) is 5.29. The minimum absolute atomic E-state index is 0.280. The van der Waals surface area contributed by atoms with Crippen molar-refractivity contribution in [3.8, 4) is 5.75 Å². The summed E-state index contributed by atoms with van der Waals surface area (Å²) < 4.78 is 14.1. The summed E-state index contributed by atoms with van der Waals surface area (Å²) in [7, 11) is 0. The van der Waals surface area contributed by atoms with Gasteiger partial charge >= 0.3 is 5.97 Å². The topological polar surface area (TPSA) is 78.3 Å². The van der Waals surface area contributed by atoms with Crippen molar-refractivity contribution in [2.45, 2.75) is 26.5 Å². The third kappa shape index (κ3) is 3.95. The van der Waals surface area contributed by atoms with Crippen molar-refractivity contribution in [2.24, 2.45) is 0 Å². The first-order chi connectivity index (χ1) is 14.6. The molecule has 2 aromatic carbocycles. The molecule has 1 aromatic heterocycles. The molecule has 0 fully saturated rings. The number of carbonyl (C=O) groups excluding carboxylic acids is 1. The Kier molecular flexibility index (Phi) is 5.85. The number of esters is 1. The summed E-state index contributed by atoms with van der Waals surface area (Å²) in [5, 5.41) is 7.50. The highest BCUT2D eigenvalue weighted by Crippen LogP contribution is 2.40. The zero-order chi connectivity index (χ0) is 21.1. The van der Waals surface area contributed by atoms with Gasteiger partial charge in [0.15, 0.2) is 0 Å². The predicted molar refractivity (Wildman–Crippen MR) is 116 cm³/mol. The van der Waals surface area contributed by atoms with Gasteiger partial charge in [-0.05, 0) is 37.6 Å². The summed E-state index contributed by atoms with van der Waals surface area (Å²) in [4.78, 5) is 17.1. The van der Waals surface area contributed by atoms with Crippen LogP contribution in [-0.4, -0.2) is 27.3 Å². The molecule has 8 heteroatoms. The van der Waals surface area contributed by atoms with E-state index in [1.165, 1.54) is 6.33 Å². The highest BCUT2D eigenvalue weighted by Gasteiger charge is 2.36. The van der Waals surface area contributed by atoms with Crippen molar-refractivity contribution in [1.82, 2.24) is 14.8 Å². The van der Waals surface area contributed by atoms with Gasteiger partial charge in [0.1, 0.15) is 24.7 Å². The van der Waals surface area contributed by atoms with Gasteiger partial charge in [0.2, 0.25) is 5.95 Å². The lowest BCUT2D eigenvalue weighted by molar-refractivity contribution is -0.139.